The molecule has 0 heterocycles. The van der Waals surface area contributed by atoms with Crippen LogP contribution in [0.1, 0.15) is 32.1 Å². The summed E-state index contributed by atoms with van der Waals surface area (Å²) < 4.78 is 5.61. The van der Waals surface area contributed by atoms with Crippen molar-refractivity contribution >= 4 is 39.4 Å². The number of para-hydroxylation sites is 1. The summed E-state index contributed by atoms with van der Waals surface area (Å²) in [5.74, 6) is -1.18. The molecule has 1 saturated carbocycles. The summed E-state index contributed by atoms with van der Waals surface area (Å²) in [4.78, 5) is 35.3. The Morgan fingerprint density at radius 3 is 2.54 bits per heavy atom. The number of rotatable bonds is 6. The lowest BCUT2D eigenvalue weighted by Crippen LogP contribution is -2.36. The van der Waals surface area contributed by atoms with Crippen LogP contribution in [0.4, 0.5) is 5.69 Å². The van der Waals surface area contributed by atoms with E-state index in [4.69, 9.17) is 4.74 Å². The number of carbonyl (C=O) groups excluding carboxylic acids is 3. The second-order valence-corrected chi connectivity index (χ2v) is 6.60. The van der Waals surface area contributed by atoms with Crippen LogP contribution >= 0.6 is 15.9 Å². The smallest absolute Gasteiger partial charge is 0.325 e. The second kappa shape index (κ2) is 9.42. The van der Waals surface area contributed by atoms with E-state index in [9.17, 15) is 14.4 Å². The molecule has 6 nitrogen and oxygen atoms in total. The van der Waals surface area contributed by atoms with E-state index in [1.165, 1.54) is 6.42 Å². The van der Waals surface area contributed by atoms with E-state index < -0.39 is 11.9 Å². The van der Waals surface area contributed by atoms with Gasteiger partial charge in [0.2, 0.25) is 5.91 Å². The zero-order valence-corrected chi connectivity index (χ0v) is 14.9. The third kappa shape index (κ3) is 5.96. The largest absolute Gasteiger partial charge is 0.454 e. The molecule has 0 aliphatic heterocycles. The van der Waals surface area contributed by atoms with Crippen LogP contribution in [-0.4, -0.2) is 30.9 Å². The van der Waals surface area contributed by atoms with E-state index in [0.29, 0.717) is 5.69 Å². The highest BCUT2D eigenvalue weighted by Crippen LogP contribution is 2.23. The summed E-state index contributed by atoms with van der Waals surface area (Å²) in [6, 6.07) is 7.14. The Labute approximate surface area is 149 Å². The minimum absolute atomic E-state index is 0.00900. The number of nitrogens with one attached hydrogen (secondary N) is 2. The van der Waals surface area contributed by atoms with E-state index in [1.54, 1.807) is 18.2 Å². The topological polar surface area (TPSA) is 84.5 Å². The van der Waals surface area contributed by atoms with Gasteiger partial charge in [-0.15, -0.1) is 0 Å². The van der Waals surface area contributed by atoms with E-state index in [-0.39, 0.29) is 25.0 Å². The van der Waals surface area contributed by atoms with Crippen LogP contribution in [0.3, 0.4) is 0 Å². The Kier molecular flexibility index (Phi) is 7.24. The van der Waals surface area contributed by atoms with Gasteiger partial charge in [-0.3, -0.25) is 14.4 Å². The van der Waals surface area contributed by atoms with Gasteiger partial charge >= 0.3 is 5.97 Å². The normalized spacial score (nSPS) is 14.7. The summed E-state index contributed by atoms with van der Waals surface area (Å²) in [6.07, 6.45) is 5.01. The van der Waals surface area contributed by atoms with Crippen LogP contribution in [-0.2, 0) is 19.1 Å². The van der Waals surface area contributed by atoms with E-state index in [1.807, 2.05) is 6.07 Å². The highest BCUT2D eigenvalue weighted by atomic mass is 79.9. The summed E-state index contributed by atoms with van der Waals surface area (Å²) in [7, 11) is 0. The highest BCUT2D eigenvalue weighted by molar-refractivity contribution is 9.10. The Bertz CT molecular complexity index is 600. The molecule has 7 heteroatoms. The van der Waals surface area contributed by atoms with Gasteiger partial charge in [-0.25, -0.2) is 0 Å². The number of carbonyl (C=O) groups is 3. The zero-order valence-electron chi connectivity index (χ0n) is 13.3. The van der Waals surface area contributed by atoms with Crippen molar-refractivity contribution in [2.45, 2.75) is 32.1 Å². The molecular formula is C17H21BrN2O4. The molecule has 0 saturated heterocycles. The molecular weight excluding hydrogens is 376 g/mol. The third-order valence-electron chi connectivity index (χ3n) is 3.90. The molecule has 1 fully saturated rings. The molecule has 0 spiro atoms. The van der Waals surface area contributed by atoms with Crippen LogP contribution in [0.5, 0.6) is 0 Å². The Balaban J connectivity index is 1.66. The van der Waals surface area contributed by atoms with Gasteiger partial charge in [0.25, 0.3) is 5.91 Å². The number of anilines is 1. The standard InChI is InChI=1S/C17H21BrN2O4/c18-13-8-4-5-9-14(13)20-15(21)11-24-16(22)10-19-17(23)12-6-2-1-3-7-12/h4-5,8-9,12H,1-3,6-7,10-11H2,(H,19,23)(H,20,21). The van der Waals surface area contributed by atoms with E-state index in [2.05, 4.69) is 26.6 Å². The molecule has 0 radical (unpaired) electrons. The van der Waals surface area contributed by atoms with Crippen molar-refractivity contribution in [3.63, 3.8) is 0 Å². The lowest BCUT2D eigenvalue weighted by atomic mass is 9.89. The van der Waals surface area contributed by atoms with Gasteiger partial charge in [-0.1, -0.05) is 31.4 Å². The van der Waals surface area contributed by atoms with Crippen LogP contribution in [0.25, 0.3) is 0 Å². The molecule has 0 unspecified atom stereocenters. The highest BCUT2D eigenvalue weighted by Gasteiger charge is 2.21. The molecule has 2 rings (SSSR count). The molecule has 2 N–H and O–H groups in total. The molecule has 1 aliphatic carbocycles. The van der Waals surface area contributed by atoms with Gasteiger partial charge in [0, 0.05) is 10.4 Å². The molecule has 2 amide bonds. The fraction of sp³-hybridized carbons (Fsp3) is 0.471. The number of amides is 2. The minimum Gasteiger partial charge on any atom is -0.454 e. The van der Waals surface area contributed by atoms with Crippen LogP contribution in [0.15, 0.2) is 28.7 Å². The fourth-order valence-electron chi connectivity index (χ4n) is 2.61. The number of hydrogen-bond donors (Lipinski definition) is 2. The Hall–Kier alpha value is -1.89. The maximum Gasteiger partial charge on any atom is 0.325 e. The fourth-order valence-corrected chi connectivity index (χ4v) is 3.00. The summed E-state index contributed by atoms with van der Waals surface area (Å²) in [5, 5.41) is 5.21. The van der Waals surface area contributed by atoms with E-state index in [0.717, 1.165) is 30.2 Å². The predicted molar refractivity (Wildman–Crippen MR) is 93.3 cm³/mol. The first-order valence-corrected chi connectivity index (χ1v) is 8.83. The molecule has 1 aliphatic rings. The van der Waals surface area contributed by atoms with Crippen molar-refractivity contribution in [3.8, 4) is 0 Å². The second-order valence-electron chi connectivity index (χ2n) is 5.74. The van der Waals surface area contributed by atoms with E-state index >= 15 is 0 Å². The average Bonchev–Trinajstić information content (AvgIpc) is 2.60. The van der Waals surface area contributed by atoms with Gasteiger partial charge < -0.3 is 15.4 Å². The van der Waals surface area contributed by atoms with Crippen LogP contribution < -0.4 is 10.6 Å². The molecule has 1 aromatic rings. The summed E-state index contributed by atoms with van der Waals surface area (Å²) in [5.41, 5.74) is 0.601. The van der Waals surface area contributed by atoms with Crippen molar-refractivity contribution < 1.29 is 19.1 Å². The van der Waals surface area contributed by atoms with Crippen LogP contribution in [0, 0.1) is 5.92 Å². The van der Waals surface area contributed by atoms with Gasteiger partial charge in [-0.2, -0.15) is 0 Å². The van der Waals surface area contributed by atoms with Crippen molar-refractivity contribution in [2.24, 2.45) is 5.92 Å². The lowest BCUT2D eigenvalue weighted by molar-refractivity contribution is -0.147. The molecule has 0 atom stereocenters. The van der Waals surface area contributed by atoms with Gasteiger partial charge in [0.1, 0.15) is 6.54 Å². The maximum atomic E-state index is 11.9. The van der Waals surface area contributed by atoms with Crippen molar-refractivity contribution in [3.05, 3.63) is 28.7 Å². The Morgan fingerprint density at radius 1 is 1.12 bits per heavy atom. The van der Waals surface area contributed by atoms with Crippen LogP contribution in [0.2, 0.25) is 0 Å². The Morgan fingerprint density at radius 2 is 1.83 bits per heavy atom. The number of halogens is 1. The molecule has 24 heavy (non-hydrogen) atoms. The number of benzene rings is 1. The minimum atomic E-state index is -0.624. The average molecular weight is 397 g/mol. The number of hydrogen-bond acceptors (Lipinski definition) is 4. The monoisotopic (exact) mass is 396 g/mol. The number of ether oxygens (including phenoxy) is 1. The number of esters is 1. The van der Waals surface area contributed by atoms with Crippen molar-refractivity contribution in [2.75, 3.05) is 18.5 Å². The first-order valence-electron chi connectivity index (χ1n) is 8.04. The molecule has 1 aromatic carbocycles. The maximum absolute atomic E-state index is 11.9. The molecule has 0 aromatic heterocycles. The lowest BCUT2D eigenvalue weighted by Gasteiger charge is -2.20. The zero-order chi connectivity index (χ0) is 17.4. The molecule has 0 bridgehead atoms. The third-order valence-corrected chi connectivity index (χ3v) is 4.59. The predicted octanol–water partition coefficient (Wildman–Crippen LogP) is 2.63. The van der Waals surface area contributed by atoms with Gasteiger partial charge in [0.05, 0.1) is 5.69 Å². The first kappa shape index (κ1) is 18.4. The van der Waals surface area contributed by atoms with Crippen molar-refractivity contribution in [1.82, 2.24) is 5.32 Å². The van der Waals surface area contributed by atoms with Gasteiger partial charge in [-0.05, 0) is 40.9 Å². The molecule has 130 valence electrons. The van der Waals surface area contributed by atoms with Gasteiger partial charge in [0.15, 0.2) is 6.61 Å². The first-order chi connectivity index (χ1) is 11.6. The van der Waals surface area contributed by atoms with Crippen molar-refractivity contribution in [1.29, 1.82) is 0 Å². The quantitative estimate of drug-likeness (QED) is 0.723. The summed E-state index contributed by atoms with van der Waals surface area (Å²) >= 11 is 3.31. The summed E-state index contributed by atoms with van der Waals surface area (Å²) in [6.45, 7) is -0.600. The SMILES string of the molecule is O=C(COC(=O)CNC(=O)C1CCCCC1)Nc1ccccc1Br.